The minimum atomic E-state index is 0.495. The highest BCUT2D eigenvalue weighted by Gasteiger charge is 2.03. The lowest BCUT2D eigenvalue weighted by Crippen LogP contribution is -2.17. The molecule has 0 amide bonds. The van der Waals surface area contributed by atoms with Gasteiger partial charge in [0.15, 0.2) is 0 Å². The molecular formula is C11H18N2O. The summed E-state index contributed by atoms with van der Waals surface area (Å²) in [5.74, 6) is 1.54. The molecule has 0 spiro atoms. The molecule has 0 unspecified atom stereocenters. The number of nitrogens with zero attached hydrogens (tertiary/aromatic N) is 1. The number of nitrogens with one attached hydrogen (secondary N) is 1. The van der Waals surface area contributed by atoms with Crippen LogP contribution >= 0.6 is 0 Å². The van der Waals surface area contributed by atoms with Crippen LogP contribution in [0, 0.1) is 0 Å². The monoisotopic (exact) mass is 194 g/mol. The molecule has 0 radical (unpaired) electrons. The normalized spacial score (nSPS) is 10.3. The highest BCUT2D eigenvalue weighted by Crippen LogP contribution is 2.13. The molecule has 1 heterocycles. The van der Waals surface area contributed by atoms with E-state index in [1.807, 2.05) is 18.2 Å². The van der Waals surface area contributed by atoms with Crippen molar-refractivity contribution in [1.82, 2.24) is 4.98 Å². The fourth-order valence-corrected chi connectivity index (χ4v) is 1.31. The Morgan fingerprint density at radius 3 is 2.64 bits per heavy atom. The zero-order valence-electron chi connectivity index (χ0n) is 9.08. The predicted molar refractivity (Wildman–Crippen MR) is 58.8 cm³/mol. The summed E-state index contributed by atoms with van der Waals surface area (Å²) < 4.78 is 5.05. The number of rotatable bonds is 5. The summed E-state index contributed by atoms with van der Waals surface area (Å²) in [6.45, 7) is 4.34. The largest absolute Gasteiger partial charge is 0.481 e. The molecule has 3 heteroatoms. The molecule has 0 aliphatic heterocycles. The molecule has 78 valence electrons. The van der Waals surface area contributed by atoms with Crippen LogP contribution in [-0.2, 0) is 0 Å². The molecule has 0 saturated heterocycles. The SMILES string of the molecule is CCC(CC)Nc1cccc(OC)n1. The first kappa shape index (κ1) is 10.8. The molecule has 0 aliphatic carbocycles. The molecule has 3 nitrogen and oxygen atoms in total. The third-order valence-electron chi connectivity index (χ3n) is 2.27. The Morgan fingerprint density at radius 2 is 2.07 bits per heavy atom. The second kappa shape index (κ2) is 5.47. The average Bonchev–Trinajstić information content (AvgIpc) is 2.26. The van der Waals surface area contributed by atoms with E-state index in [1.54, 1.807) is 7.11 Å². The van der Waals surface area contributed by atoms with Crippen molar-refractivity contribution in [2.45, 2.75) is 32.7 Å². The van der Waals surface area contributed by atoms with Crippen molar-refractivity contribution in [2.24, 2.45) is 0 Å². The van der Waals surface area contributed by atoms with Gasteiger partial charge in [0, 0.05) is 12.1 Å². The van der Waals surface area contributed by atoms with Gasteiger partial charge in [-0.2, -0.15) is 4.98 Å². The van der Waals surface area contributed by atoms with Gasteiger partial charge < -0.3 is 10.1 Å². The van der Waals surface area contributed by atoms with Crippen LogP contribution in [0.15, 0.2) is 18.2 Å². The number of ether oxygens (including phenoxy) is 1. The van der Waals surface area contributed by atoms with Crippen molar-refractivity contribution in [3.63, 3.8) is 0 Å². The average molecular weight is 194 g/mol. The lowest BCUT2D eigenvalue weighted by Gasteiger charge is -2.15. The van der Waals surface area contributed by atoms with Gasteiger partial charge in [-0.25, -0.2) is 0 Å². The number of anilines is 1. The van der Waals surface area contributed by atoms with E-state index in [9.17, 15) is 0 Å². The maximum absolute atomic E-state index is 5.05. The zero-order valence-corrected chi connectivity index (χ0v) is 9.08. The summed E-state index contributed by atoms with van der Waals surface area (Å²) in [5, 5.41) is 3.36. The van der Waals surface area contributed by atoms with Crippen molar-refractivity contribution in [2.75, 3.05) is 12.4 Å². The van der Waals surface area contributed by atoms with Crippen molar-refractivity contribution >= 4 is 5.82 Å². The Morgan fingerprint density at radius 1 is 1.36 bits per heavy atom. The standard InChI is InChI=1S/C11H18N2O/c1-4-9(5-2)12-10-7-6-8-11(13-10)14-3/h6-9H,4-5H2,1-3H3,(H,12,13). The van der Waals surface area contributed by atoms with Crippen LogP contribution < -0.4 is 10.1 Å². The summed E-state index contributed by atoms with van der Waals surface area (Å²) >= 11 is 0. The number of hydrogen-bond donors (Lipinski definition) is 1. The molecule has 1 N–H and O–H groups in total. The van der Waals surface area contributed by atoms with Gasteiger partial charge >= 0.3 is 0 Å². The van der Waals surface area contributed by atoms with Gasteiger partial charge in [0.25, 0.3) is 0 Å². The molecule has 0 saturated carbocycles. The van der Waals surface area contributed by atoms with Gasteiger partial charge in [0.1, 0.15) is 5.82 Å². The van der Waals surface area contributed by atoms with Gasteiger partial charge in [0.2, 0.25) is 5.88 Å². The van der Waals surface area contributed by atoms with E-state index < -0.39 is 0 Å². The van der Waals surface area contributed by atoms with Crippen LogP contribution in [0.1, 0.15) is 26.7 Å². The highest BCUT2D eigenvalue weighted by molar-refractivity contribution is 5.37. The van der Waals surface area contributed by atoms with Gasteiger partial charge in [-0.05, 0) is 18.9 Å². The Hall–Kier alpha value is -1.25. The van der Waals surface area contributed by atoms with E-state index in [-0.39, 0.29) is 0 Å². The van der Waals surface area contributed by atoms with Gasteiger partial charge in [-0.15, -0.1) is 0 Å². The number of methoxy groups -OCH3 is 1. The molecule has 0 atom stereocenters. The Kier molecular flexibility index (Phi) is 4.23. The first-order valence-corrected chi connectivity index (χ1v) is 5.07. The smallest absolute Gasteiger partial charge is 0.214 e. The third-order valence-corrected chi connectivity index (χ3v) is 2.27. The molecular weight excluding hydrogens is 176 g/mol. The summed E-state index contributed by atoms with van der Waals surface area (Å²) in [7, 11) is 1.63. The molecule has 1 aromatic rings. The minimum absolute atomic E-state index is 0.495. The van der Waals surface area contributed by atoms with E-state index in [4.69, 9.17) is 4.74 Å². The highest BCUT2D eigenvalue weighted by atomic mass is 16.5. The molecule has 0 aliphatic rings. The van der Waals surface area contributed by atoms with E-state index >= 15 is 0 Å². The van der Waals surface area contributed by atoms with Crippen LogP contribution in [0.5, 0.6) is 5.88 Å². The Labute approximate surface area is 85.5 Å². The van der Waals surface area contributed by atoms with E-state index in [1.165, 1.54) is 0 Å². The Balaban J connectivity index is 2.65. The van der Waals surface area contributed by atoms with Gasteiger partial charge in [-0.3, -0.25) is 0 Å². The van der Waals surface area contributed by atoms with E-state index in [0.717, 1.165) is 18.7 Å². The van der Waals surface area contributed by atoms with Crippen molar-refractivity contribution < 1.29 is 4.74 Å². The molecule has 0 aromatic carbocycles. The number of hydrogen-bond acceptors (Lipinski definition) is 3. The molecule has 0 bridgehead atoms. The van der Waals surface area contributed by atoms with Crippen LogP contribution in [-0.4, -0.2) is 18.1 Å². The zero-order chi connectivity index (χ0) is 10.4. The Bertz CT molecular complexity index is 272. The van der Waals surface area contributed by atoms with Crippen LogP contribution in [0.25, 0.3) is 0 Å². The summed E-state index contributed by atoms with van der Waals surface area (Å²) in [5.41, 5.74) is 0. The fourth-order valence-electron chi connectivity index (χ4n) is 1.31. The first-order chi connectivity index (χ1) is 6.80. The van der Waals surface area contributed by atoms with Crippen molar-refractivity contribution in [1.29, 1.82) is 0 Å². The quantitative estimate of drug-likeness (QED) is 0.782. The summed E-state index contributed by atoms with van der Waals surface area (Å²) in [6.07, 6.45) is 2.21. The molecule has 1 aromatic heterocycles. The third kappa shape index (κ3) is 2.91. The lowest BCUT2D eigenvalue weighted by atomic mass is 10.2. The van der Waals surface area contributed by atoms with Crippen LogP contribution in [0.3, 0.4) is 0 Å². The van der Waals surface area contributed by atoms with Crippen molar-refractivity contribution in [3.05, 3.63) is 18.2 Å². The van der Waals surface area contributed by atoms with Gasteiger partial charge in [-0.1, -0.05) is 19.9 Å². The molecule has 1 rings (SSSR count). The maximum atomic E-state index is 5.05. The molecule has 14 heavy (non-hydrogen) atoms. The van der Waals surface area contributed by atoms with Crippen LogP contribution in [0.4, 0.5) is 5.82 Å². The minimum Gasteiger partial charge on any atom is -0.481 e. The fraction of sp³-hybridized carbons (Fsp3) is 0.545. The summed E-state index contributed by atoms with van der Waals surface area (Å²) in [4.78, 5) is 4.29. The molecule has 0 fully saturated rings. The van der Waals surface area contributed by atoms with E-state index in [2.05, 4.69) is 24.1 Å². The predicted octanol–water partition coefficient (Wildman–Crippen LogP) is 2.69. The second-order valence-corrected chi connectivity index (χ2v) is 3.22. The maximum Gasteiger partial charge on any atom is 0.214 e. The van der Waals surface area contributed by atoms with Crippen molar-refractivity contribution in [3.8, 4) is 5.88 Å². The summed E-state index contributed by atoms with van der Waals surface area (Å²) in [6, 6.07) is 6.24. The topological polar surface area (TPSA) is 34.1 Å². The van der Waals surface area contributed by atoms with E-state index in [0.29, 0.717) is 11.9 Å². The number of pyridine rings is 1. The van der Waals surface area contributed by atoms with Gasteiger partial charge in [0.05, 0.1) is 7.11 Å². The lowest BCUT2D eigenvalue weighted by molar-refractivity contribution is 0.398. The number of aromatic nitrogens is 1. The first-order valence-electron chi connectivity index (χ1n) is 5.07. The second-order valence-electron chi connectivity index (χ2n) is 3.22. The van der Waals surface area contributed by atoms with Crippen LogP contribution in [0.2, 0.25) is 0 Å².